The molecule has 0 aromatic carbocycles. The third-order valence-electron chi connectivity index (χ3n) is 3.76. The maximum absolute atomic E-state index is 11.5. The van der Waals surface area contributed by atoms with Gasteiger partial charge in [-0.15, -0.1) is 0 Å². The van der Waals surface area contributed by atoms with Gasteiger partial charge in [0.1, 0.15) is 5.54 Å². The van der Waals surface area contributed by atoms with Crippen LogP contribution in [0.2, 0.25) is 0 Å². The van der Waals surface area contributed by atoms with E-state index in [0.29, 0.717) is 5.25 Å². The predicted molar refractivity (Wildman–Crippen MR) is 78.2 cm³/mol. The van der Waals surface area contributed by atoms with E-state index >= 15 is 0 Å². The van der Waals surface area contributed by atoms with Crippen LogP contribution in [0, 0.1) is 5.92 Å². The van der Waals surface area contributed by atoms with Crippen LogP contribution in [0.1, 0.15) is 53.4 Å². The number of hydrogen-bond acceptors (Lipinski definition) is 3. The lowest BCUT2D eigenvalue weighted by Crippen LogP contribution is -2.53. The highest BCUT2D eigenvalue weighted by molar-refractivity contribution is 7.99. The van der Waals surface area contributed by atoms with Crippen molar-refractivity contribution >= 4 is 17.7 Å². The van der Waals surface area contributed by atoms with Gasteiger partial charge in [0.25, 0.3) is 0 Å². The fourth-order valence-electron chi connectivity index (χ4n) is 2.50. The Morgan fingerprint density at radius 2 is 2.17 bits per heavy atom. The van der Waals surface area contributed by atoms with Crippen molar-refractivity contribution in [1.82, 2.24) is 5.32 Å². The van der Waals surface area contributed by atoms with E-state index in [2.05, 4.69) is 19.2 Å². The Bertz CT molecular complexity index is 283. The molecule has 1 saturated carbocycles. The molecule has 0 amide bonds. The van der Waals surface area contributed by atoms with Crippen LogP contribution in [0.4, 0.5) is 0 Å². The fraction of sp³-hybridized carbons (Fsp3) is 0.929. The van der Waals surface area contributed by atoms with Crippen molar-refractivity contribution in [3.05, 3.63) is 0 Å². The van der Waals surface area contributed by atoms with E-state index in [0.717, 1.165) is 30.9 Å². The third kappa shape index (κ3) is 4.16. The highest BCUT2D eigenvalue weighted by Crippen LogP contribution is 2.38. The van der Waals surface area contributed by atoms with Crippen LogP contribution in [0.15, 0.2) is 0 Å². The van der Waals surface area contributed by atoms with Crippen molar-refractivity contribution in [2.45, 2.75) is 70.2 Å². The molecule has 3 unspecified atom stereocenters. The molecule has 0 spiro atoms. The molecule has 0 radical (unpaired) electrons. The van der Waals surface area contributed by atoms with Crippen LogP contribution in [0.3, 0.4) is 0 Å². The molecule has 0 bridgehead atoms. The molecule has 3 atom stereocenters. The van der Waals surface area contributed by atoms with E-state index in [1.165, 1.54) is 6.42 Å². The molecule has 3 nitrogen and oxygen atoms in total. The van der Waals surface area contributed by atoms with Crippen LogP contribution in [-0.4, -0.2) is 33.7 Å². The Morgan fingerprint density at radius 1 is 1.50 bits per heavy atom. The van der Waals surface area contributed by atoms with Gasteiger partial charge in [-0.1, -0.05) is 20.3 Å². The average Bonchev–Trinajstić information content (AvgIpc) is 2.70. The van der Waals surface area contributed by atoms with Crippen molar-refractivity contribution in [2.75, 3.05) is 5.75 Å². The SMILES string of the molecule is CCC(C)CSC1CCC(NC(C)C)(C(=O)O)C1. The summed E-state index contributed by atoms with van der Waals surface area (Å²) in [6.07, 6.45) is 3.75. The molecule has 0 aliphatic heterocycles. The second-order valence-electron chi connectivity index (χ2n) is 5.90. The zero-order valence-corrected chi connectivity index (χ0v) is 12.8. The summed E-state index contributed by atoms with van der Waals surface area (Å²) >= 11 is 1.96. The van der Waals surface area contributed by atoms with Gasteiger partial charge in [0.15, 0.2) is 0 Å². The smallest absolute Gasteiger partial charge is 0.323 e. The molecule has 0 aromatic heterocycles. The number of aliphatic carboxylic acids is 1. The molecule has 2 N–H and O–H groups in total. The van der Waals surface area contributed by atoms with Gasteiger partial charge in [-0.2, -0.15) is 11.8 Å². The number of carbonyl (C=O) groups is 1. The first kappa shape index (κ1) is 15.8. The molecular weight excluding hydrogens is 246 g/mol. The maximum Gasteiger partial charge on any atom is 0.323 e. The lowest BCUT2D eigenvalue weighted by atomic mass is 9.97. The maximum atomic E-state index is 11.5. The second-order valence-corrected chi connectivity index (χ2v) is 7.23. The lowest BCUT2D eigenvalue weighted by molar-refractivity contribution is -0.145. The van der Waals surface area contributed by atoms with Gasteiger partial charge in [-0.25, -0.2) is 0 Å². The number of rotatable bonds is 7. The summed E-state index contributed by atoms with van der Waals surface area (Å²) in [6, 6.07) is 0.222. The molecule has 1 rings (SSSR count). The van der Waals surface area contributed by atoms with Crippen molar-refractivity contribution < 1.29 is 9.90 Å². The summed E-state index contributed by atoms with van der Waals surface area (Å²) in [5.74, 6) is 1.20. The first-order chi connectivity index (χ1) is 8.39. The second kappa shape index (κ2) is 6.80. The van der Waals surface area contributed by atoms with Gasteiger partial charge in [-0.05, 0) is 44.8 Å². The number of carboxylic acid groups (broad SMARTS) is 1. The lowest BCUT2D eigenvalue weighted by Gasteiger charge is -2.28. The Labute approximate surface area is 115 Å². The minimum absolute atomic E-state index is 0.222. The van der Waals surface area contributed by atoms with Crippen LogP contribution in [0.5, 0.6) is 0 Å². The zero-order chi connectivity index (χ0) is 13.8. The summed E-state index contributed by atoms with van der Waals surface area (Å²) in [4.78, 5) is 11.5. The van der Waals surface area contributed by atoms with E-state index in [4.69, 9.17) is 0 Å². The van der Waals surface area contributed by atoms with Crippen molar-refractivity contribution in [1.29, 1.82) is 0 Å². The van der Waals surface area contributed by atoms with Crippen molar-refractivity contribution in [3.8, 4) is 0 Å². The molecule has 1 aliphatic rings. The van der Waals surface area contributed by atoms with Crippen LogP contribution >= 0.6 is 11.8 Å². The first-order valence-electron chi connectivity index (χ1n) is 7.02. The predicted octanol–water partition coefficient (Wildman–Crippen LogP) is 3.14. The minimum Gasteiger partial charge on any atom is -0.480 e. The summed E-state index contributed by atoms with van der Waals surface area (Å²) in [5.41, 5.74) is -0.679. The molecule has 18 heavy (non-hydrogen) atoms. The van der Waals surface area contributed by atoms with Crippen LogP contribution in [0.25, 0.3) is 0 Å². The highest BCUT2D eigenvalue weighted by Gasteiger charge is 2.45. The molecule has 0 aromatic rings. The van der Waals surface area contributed by atoms with E-state index in [-0.39, 0.29) is 6.04 Å². The Balaban J connectivity index is 2.52. The quantitative estimate of drug-likeness (QED) is 0.748. The number of hydrogen-bond donors (Lipinski definition) is 2. The first-order valence-corrected chi connectivity index (χ1v) is 8.07. The number of carboxylic acids is 1. The summed E-state index contributed by atoms with van der Waals surface area (Å²) in [5, 5.41) is 13.3. The average molecular weight is 273 g/mol. The molecular formula is C14H27NO2S. The topological polar surface area (TPSA) is 49.3 Å². The van der Waals surface area contributed by atoms with E-state index in [1.54, 1.807) is 0 Å². The molecule has 4 heteroatoms. The summed E-state index contributed by atoms with van der Waals surface area (Å²) < 4.78 is 0. The van der Waals surface area contributed by atoms with Crippen LogP contribution in [-0.2, 0) is 4.79 Å². The van der Waals surface area contributed by atoms with E-state index in [9.17, 15) is 9.90 Å². The summed E-state index contributed by atoms with van der Waals surface area (Å²) in [6.45, 7) is 8.51. The molecule has 1 aliphatic carbocycles. The van der Waals surface area contributed by atoms with Gasteiger partial charge >= 0.3 is 5.97 Å². The van der Waals surface area contributed by atoms with Crippen LogP contribution < -0.4 is 5.32 Å². The third-order valence-corrected chi connectivity index (χ3v) is 5.39. The van der Waals surface area contributed by atoms with Gasteiger partial charge < -0.3 is 5.11 Å². The van der Waals surface area contributed by atoms with E-state index in [1.807, 2.05) is 25.6 Å². The fourth-order valence-corrected chi connectivity index (χ4v) is 4.02. The molecule has 106 valence electrons. The zero-order valence-electron chi connectivity index (χ0n) is 12.0. The van der Waals surface area contributed by atoms with Gasteiger partial charge in [0.05, 0.1) is 0 Å². The molecule has 1 fully saturated rings. The van der Waals surface area contributed by atoms with Gasteiger partial charge in [0.2, 0.25) is 0 Å². The molecule has 0 saturated heterocycles. The Kier molecular flexibility index (Phi) is 5.99. The number of thioether (sulfide) groups is 1. The molecule has 0 heterocycles. The summed E-state index contributed by atoms with van der Waals surface area (Å²) in [7, 11) is 0. The standard InChI is InChI=1S/C14H27NO2S/c1-5-11(4)9-18-12-6-7-14(8-12,13(16)17)15-10(2)3/h10-12,15H,5-9H2,1-4H3,(H,16,17). The Hall–Kier alpha value is -0.220. The van der Waals surface area contributed by atoms with Crippen molar-refractivity contribution in [3.63, 3.8) is 0 Å². The van der Waals surface area contributed by atoms with Gasteiger partial charge in [-0.3, -0.25) is 10.1 Å². The van der Waals surface area contributed by atoms with Gasteiger partial charge in [0, 0.05) is 11.3 Å². The largest absolute Gasteiger partial charge is 0.480 e. The normalized spacial score (nSPS) is 29.7. The minimum atomic E-state index is -0.679. The van der Waals surface area contributed by atoms with Crippen molar-refractivity contribution in [2.24, 2.45) is 5.92 Å². The number of nitrogens with one attached hydrogen (secondary N) is 1. The Morgan fingerprint density at radius 3 is 2.67 bits per heavy atom. The highest BCUT2D eigenvalue weighted by atomic mass is 32.2. The monoisotopic (exact) mass is 273 g/mol. The van der Waals surface area contributed by atoms with E-state index < -0.39 is 11.5 Å².